The number of methoxy groups -OCH3 is 1. The van der Waals surface area contributed by atoms with Gasteiger partial charge in [0.1, 0.15) is 5.75 Å². The molecule has 1 aromatic carbocycles. The fourth-order valence-corrected chi connectivity index (χ4v) is 5.81. The van der Waals surface area contributed by atoms with Gasteiger partial charge in [0.25, 0.3) is 0 Å². The number of nitrogens with zero attached hydrogens (tertiary/aromatic N) is 2. The van der Waals surface area contributed by atoms with E-state index in [-0.39, 0.29) is 5.91 Å². The Kier molecular flexibility index (Phi) is 6.38. The lowest BCUT2D eigenvalue weighted by atomic mass is 9.99. The number of carbonyl (C=O) groups excluding carboxylic acids is 1. The zero-order valence-corrected chi connectivity index (χ0v) is 18.7. The number of thiophene rings is 1. The fraction of sp³-hybridized carbons (Fsp3) is 0.500. The van der Waals surface area contributed by atoms with Gasteiger partial charge in [0.2, 0.25) is 5.91 Å². The zero-order chi connectivity index (χ0) is 19.5. The van der Waals surface area contributed by atoms with Crippen LogP contribution in [0.3, 0.4) is 0 Å². The van der Waals surface area contributed by atoms with Gasteiger partial charge in [0.15, 0.2) is 0 Å². The van der Waals surface area contributed by atoms with Crippen molar-refractivity contribution in [1.29, 1.82) is 0 Å². The molecular weight excluding hydrogens is 436 g/mol. The van der Waals surface area contributed by atoms with Crippen molar-refractivity contribution in [3.63, 3.8) is 0 Å². The second kappa shape index (κ2) is 8.97. The van der Waals surface area contributed by atoms with Crippen molar-refractivity contribution in [2.75, 3.05) is 26.7 Å². The topological polar surface area (TPSA) is 32.8 Å². The van der Waals surface area contributed by atoms with Gasteiger partial charge >= 0.3 is 0 Å². The van der Waals surface area contributed by atoms with E-state index in [9.17, 15) is 4.79 Å². The summed E-state index contributed by atoms with van der Waals surface area (Å²) < 4.78 is 6.21. The van der Waals surface area contributed by atoms with E-state index in [4.69, 9.17) is 4.74 Å². The minimum Gasteiger partial charge on any atom is -0.496 e. The lowest BCUT2D eigenvalue weighted by Gasteiger charge is -2.40. The predicted octanol–water partition coefficient (Wildman–Crippen LogP) is 4.50. The van der Waals surface area contributed by atoms with E-state index < -0.39 is 0 Å². The number of rotatable bonds is 5. The predicted molar refractivity (Wildman–Crippen MR) is 117 cm³/mol. The third kappa shape index (κ3) is 4.44. The van der Waals surface area contributed by atoms with Gasteiger partial charge in [-0.15, -0.1) is 11.3 Å². The Balaban J connectivity index is 1.24. The summed E-state index contributed by atoms with van der Waals surface area (Å²) in [5.74, 6) is 1.11. The van der Waals surface area contributed by atoms with Gasteiger partial charge in [-0.1, -0.05) is 6.07 Å². The molecule has 4 rings (SSSR count). The van der Waals surface area contributed by atoms with Crippen LogP contribution in [0.2, 0.25) is 0 Å². The number of benzene rings is 1. The minimum absolute atomic E-state index is 0.282. The molecule has 4 nitrogen and oxygen atoms in total. The second-order valence-electron chi connectivity index (χ2n) is 7.67. The summed E-state index contributed by atoms with van der Waals surface area (Å²) in [6, 6.07) is 8.94. The van der Waals surface area contributed by atoms with Crippen LogP contribution in [-0.4, -0.2) is 48.5 Å². The maximum atomic E-state index is 12.7. The highest BCUT2D eigenvalue weighted by atomic mass is 79.9. The smallest absolute Gasteiger partial charge is 0.222 e. The highest BCUT2D eigenvalue weighted by molar-refractivity contribution is 9.10. The van der Waals surface area contributed by atoms with Crippen LogP contribution in [0.1, 0.15) is 35.3 Å². The SMILES string of the molecule is COc1ccc(CCC(=O)N2CCC(N3CCc4sccc4C3)CC2)cc1Br. The van der Waals surface area contributed by atoms with Crippen molar-refractivity contribution in [3.05, 3.63) is 50.1 Å². The molecule has 0 radical (unpaired) electrons. The van der Waals surface area contributed by atoms with Crippen molar-refractivity contribution in [3.8, 4) is 5.75 Å². The van der Waals surface area contributed by atoms with Crippen molar-refractivity contribution in [2.24, 2.45) is 0 Å². The van der Waals surface area contributed by atoms with Crippen LogP contribution in [0.4, 0.5) is 0 Å². The maximum absolute atomic E-state index is 12.7. The van der Waals surface area contributed by atoms with E-state index in [1.165, 1.54) is 18.5 Å². The number of piperidine rings is 1. The molecule has 6 heteroatoms. The minimum atomic E-state index is 0.282. The van der Waals surface area contributed by atoms with Crippen LogP contribution in [0.25, 0.3) is 0 Å². The van der Waals surface area contributed by atoms with Crippen molar-refractivity contribution in [2.45, 2.75) is 44.7 Å². The molecule has 2 aliphatic rings. The van der Waals surface area contributed by atoms with E-state index in [0.717, 1.165) is 54.7 Å². The first-order valence-electron chi connectivity index (χ1n) is 10.0. The van der Waals surface area contributed by atoms with Crippen LogP contribution in [0.5, 0.6) is 5.75 Å². The first-order valence-corrected chi connectivity index (χ1v) is 11.7. The number of hydrogen-bond donors (Lipinski definition) is 0. The van der Waals surface area contributed by atoms with Gasteiger partial charge in [-0.3, -0.25) is 9.69 Å². The number of carbonyl (C=O) groups is 1. The average molecular weight is 463 g/mol. The highest BCUT2D eigenvalue weighted by Crippen LogP contribution is 2.29. The molecule has 1 fully saturated rings. The summed E-state index contributed by atoms with van der Waals surface area (Å²) in [5, 5.41) is 2.22. The largest absolute Gasteiger partial charge is 0.496 e. The van der Waals surface area contributed by atoms with Gasteiger partial charge in [-0.05, 0) is 76.3 Å². The lowest BCUT2D eigenvalue weighted by Crippen LogP contribution is -2.47. The molecule has 0 unspecified atom stereocenters. The number of halogens is 1. The Morgan fingerprint density at radius 3 is 2.82 bits per heavy atom. The van der Waals surface area contributed by atoms with Gasteiger partial charge in [-0.2, -0.15) is 0 Å². The lowest BCUT2D eigenvalue weighted by molar-refractivity contribution is -0.132. The van der Waals surface area contributed by atoms with E-state index in [0.29, 0.717) is 12.5 Å². The normalized spacial score (nSPS) is 18.1. The average Bonchev–Trinajstić information content (AvgIpc) is 3.20. The summed E-state index contributed by atoms with van der Waals surface area (Å²) in [4.78, 5) is 18.9. The molecular formula is C22H27BrN2O2S. The van der Waals surface area contributed by atoms with Crippen LogP contribution >= 0.6 is 27.3 Å². The molecule has 3 heterocycles. The molecule has 1 saturated heterocycles. The molecule has 0 atom stereocenters. The van der Waals surface area contributed by atoms with Gasteiger partial charge in [0.05, 0.1) is 11.6 Å². The Labute approximate surface area is 179 Å². The second-order valence-corrected chi connectivity index (χ2v) is 9.53. The Morgan fingerprint density at radius 2 is 2.07 bits per heavy atom. The number of aryl methyl sites for hydroxylation is 1. The summed E-state index contributed by atoms with van der Waals surface area (Å²) in [6.07, 6.45) is 4.72. The molecule has 2 aliphatic heterocycles. The highest BCUT2D eigenvalue weighted by Gasteiger charge is 2.29. The molecule has 0 N–H and O–H groups in total. The van der Waals surface area contributed by atoms with Gasteiger partial charge in [0, 0.05) is 43.5 Å². The van der Waals surface area contributed by atoms with E-state index in [1.807, 2.05) is 29.5 Å². The van der Waals surface area contributed by atoms with E-state index in [1.54, 1.807) is 12.0 Å². The molecule has 0 spiro atoms. The van der Waals surface area contributed by atoms with Crippen LogP contribution in [-0.2, 0) is 24.2 Å². The fourth-order valence-electron chi connectivity index (χ4n) is 4.34. The van der Waals surface area contributed by atoms with Crippen molar-refractivity contribution >= 4 is 33.2 Å². The summed E-state index contributed by atoms with van der Waals surface area (Å²) in [6.45, 7) is 4.04. The van der Waals surface area contributed by atoms with Crippen molar-refractivity contribution < 1.29 is 9.53 Å². The monoisotopic (exact) mass is 462 g/mol. The third-order valence-electron chi connectivity index (χ3n) is 6.01. The molecule has 2 aromatic rings. The molecule has 150 valence electrons. The number of likely N-dealkylation sites (tertiary alicyclic amines) is 1. The van der Waals surface area contributed by atoms with Crippen LogP contribution in [0.15, 0.2) is 34.1 Å². The van der Waals surface area contributed by atoms with Crippen LogP contribution in [0, 0.1) is 0 Å². The molecule has 28 heavy (non-hydrogen) atoms. The zero-order valence-electron chi connectivity index (χ0n) is 16.3. The van der Waals surface area contributed by atoms with Crippen LogP contribution < -0.4 is 4.74 Å². The molecule has 1 aromatic heterocycles. The van der Waals surface area contributed by atoms with E-state index in [2.05, 4.69) is 37.2 Å². The quantitative estimate of drug-likeness (QED) is 0.655. The number of fused-ring (bicyclic) bond motifs is 1. The Morgan fingerprint density at radius 1 is 1.25 bits per heavy atom. The molecule has 0 bridgehead atoms. The standard InChI is InChI=1S/C22H27BrN2O2S/c1-27-20-4-2-16(14-19(20)23)3-5-22(26)24-10-6-18(7-11-24)25-12-8-21-17(15-25)9-13-28-21/h2,4,9,13-14,18H,3,5-8,10-12,15H2,1H3. The summed E-state index contributed by atoms with van der Waals surface area (Å²) >= 11 is 5.41. The first kappa shape index (κ1) is 19.9. The van der Waals surface area contributed by atoms with Gasteiger partial charge < -0.3 is 9.64 Å². The molecule has 1 amide bonds. The number of amides is 1. The Hall–Kier alpha value is -1.37. The molecule has 0 aliphatic carbocycles. The number of hydrogen-bond acceptors (Lipinski definition) is 4. The number of ether oxygens (including phenoxy) is 1. The van der Waals surface area contributed by atoms with E-state index >= 15 is 0 Å². The first-order chi connectivity index (χ1) is 13.6. The van der Waals surface area contributed by atoms with Crippen molar-refractivity contribution in [1.82, 2.24) is 9.80 Å². The molecule has 0 saturated carbocycles. The maximum Gasteiger partial charge on any atom is 0.222 e. The van der Waals surface area contributed by atoms with Gasteiger partial charge in [-0.25, -0.2) is 0 Å². The summed E-state index contributed by atoms with van der Waals surface area (Å²) in [7, 11) is 1.66. The summed E-state index contributed by atoms with van der Waals surface area (Å²) in [5.41, 5.74) is 2.68. The Bertz CT molecular complexity index is 830. The third-order valence-corrected chi connectivity index (χ3v) is 7.66.